The Bertz CT molecular complexity index is 848. The van der Waals surface area contributed by atoms with Gasteiger partial charge in [-0.3, -0.25) is 14.5 Å². The van der Waals surface area contributed by atoms with Crippen LogP contribution < -0.4 is 10.6 Å². The number of hydrogen-bond acceptors (Lipinski definition) is 4. The average Bonchev–Trinajstić information content (AvgIpc) is 2.70. The number of halogens is 1. The Morgan fingerprint density at radius 3 is 2.38 bits per heavy atom. The normalized spacial score (nSPS) is 16.2. The fourth-order valence-electron chi connectivity index (χ4n) is 3.46. The molecule has 0 unspecified atom stereocenters. The number of nitrogens with one attached hydrogen (secondary N) is 2. The predicted octanol–water partition coefficient (Wildman–Crippen LogP) is 2.18. The summed E-state index contributed by atoms with van der Waals surface area (Å²) >= 11 is 0. The van der Waals surface area contributed by atoms with Crippen molar-refractivity contribution in [3.63, 3.8) is 0 Å². The molecule has 0 aromatic heterocycles. The third-order valence-electron chi connectivity index (χ3n) is 5.17. The van der Waals surface area contributed by atoms with Crippen LogP contribution in [0.25, 0.3) is 0 Å². The maximum atomic E-state index is 13.4. The number of rotatable bonds is 5. The SMILES string of the molecule is Cc1cccc(NC(=O)C(=O)NC[C@H](c2ccc(F)cc2)N2CCN(C)CC2)c1. The van der Waals surface area contributed by atoms with Gasteiger partial charge in [0.25, 0.3) is 0 Å². The lowest BCUT2D eigenvalue weighted by Gasteiger charge is -2.38. The molecule has 1 atom stereocenters. The molecule has 7 heteroatoms. The second kappa shape index (κ2) is 9.62. The Hall–Kier alpha value is -2.77. The molecule has 0 saturated carbocycles. The molecule has 1 saturated heterocycles. The molecule has 1 aliphatic heterocycles. The second-order valence-corrected chi connectivity index (χ2v) is 7.44. The molecule has 2 aromatic carbocycles. The molecule has 1 fully saturated rings. The van der Waals surface area contributed by atoms with Gasteiger partial charge in [-0.1, -0.05) is 24.3 Å². The minimum absolute atomic E-state index is 0.125. The zero-order valence-electron chi connectivity index (χ0n) is 16.8. The third-order valence-corrected chi connectivity index (χ3v) is 5.17. The van der Waals surface area contributed by atoms with Crippen molar-refractivity contribution in [1.82, 2.24) is 15.1 Å². The zero-order chi connectivity index (χ0) is 20.8. The fraction of sp³-hybridized carbons (Fsp3) is 0.364. The van der Waals surface area contributed by atoms with E-state index in [-0.39, 0.29) is 18.4 Å². The summed E-state index contributed by atoms with van der Waals surface area (Å²) in [6, 6.07) is 13.5. The highest BCUT2D eigenvalue weighted by Crippen LogP contribution is 2.22. The molecule has 2 amide bonds. The number of likely N-dealkylation sites (N-methyl/N-ethyl adjacent to an activating group) is 1. The molecule has 6 nitrogen and oxygen atoms in total. The monoisotopic (exact) mass is 398 g/mol. The van der Waals surface area contributed by atoms with E-state index in [1.165, 1.54) is 12.1 Å². The lowest BCUT2D eigenvalue weighted by Crippen LogP contribution is -2.49. The summed E-state index contributed by atoms with van der Waals surface area (Å²) in [5.41, 5.74) is 2.49. The van der Waals surface area contributed by atoms with Crippen LogP contribution >= 0.6 is 0 Å². The van der Waals surface area contributed by atoms with Gasteiger partial charge in [0, 0.05) is 38.4 Å². The van der Waals surface area contributed by atoms with Crippen molar-refractivity contribution in [2.24, 2.45) is 0 Å². The van der Waals surface area contributed by atoms with Gasteiger partial charge in [0.05, 0.1) is 6.04 Å². The quantitative estimate of drug-likeness (QED) is 0.758. The van der Waals surface area contributed by atoms with Gasteiger partial charge in [-0.05, 0) is 49.4 Å². The maximum absolute atomic E-state index is 13.4. The lowest BCUT2D eigenvalue weighted by molar-refractivity contribution is -0.136. The number of hydrogen-bond donors (Lipinski definition) is 2. The molecule has 0 bridgehead atoms. The van der Waals surface area contributed by atoms with Crippen LogP contribution in [0.1, 0.15) is 17.2 Å². The molecule has 2 aromatic rings. The van der Waals surface area contributed by atoms with E-state index in [1.807, 2.05) is 19.1 Å². The van der Waals surface area contributed by atoms with Crippen molar-refractivity contribution >= 4 is 17.5 Å². The first-order valence-corrected chi connectivity index (χ1v) is 9.76. The summed E-state index contributed by atoms with van der Waals surface area (Å²) in [4.78, 5) is 29.1. The second-order valence-electron chi connectivity index (χ2n) is 7.44. The number of benzene rings is 2. The van der Waals surface area contributed by atoms with Crippen LogP contribution in [0.3, 0.4) is 0 Å². The highest BCUT2D eigenvalue weighted by Gasteiger charge is 2.25. The standard InChI is InChI=1S/C22H27FN4O2/c1-16-4-3-5-19(14-16)25-22(29)21(28)24-15-20(17-6-8-18(23)9-7-17)27-12-10-26(2)11-13-27/h3-9,14,20H,10-13,15H2,1-2H3,(H,24,28)(H,25,29)/t20-/m1/s1. The highest BCUT2D eigenvalue weighted by molar-refractivity contribution is 6.39. The first-order chi connectivity index (χ1) is 13.9. The Labute approximate surface area is 170 Å². The third kappa shape index (κ3) is 5.85. The number of piperazine rings is 1. The summed E-state index contributed by atoms with van der Waals surface area (Å²) in [5.74, 6) is -1.69. The summed E-state index contributed by atoms with van der Waals surface area (Å²) in [7, 11) is 2.07. The van der Waals surface area contributed by atoms with Gasteiger partial charge in [0.1, 0.15) is 5.82 Å². The van der Waals surface area contributed by atoms with Crippen LogP contribution in [-0.2, 0) is 9.59 Å². The zero-order valence-corrected chi connectivity index (χ0v) is 16.8. The Kier molecular flexibility index (Phi) is 6.95. The minimum Gasteiger partial charge on any atom is -0.346 e. The van der Waals surface area contributed by atoms with E-state index in [0.29, 0.717) is 5.69 Å². The Morgan fingerprint density at radius 1 is 1.03 bits per heavy atom. The number of carbonyl (C=O) groups is 2. The lowest BCUT2D eigenvalue weighted by atomic mass is 10.0. The van der Waals surface area contributed by atoms with Crippen molar-refractivity contribution in [3.05, 3.63) is 65.5 Å². The Morgan fingerprint density at radius 2 is 1.72 bits per heavy atom. The fourth-order valence-corrected chi connectivity index (χ4v) is 3.46. The molecule has 1 aliphatic rings. The summed E-state index contributed by atoms with van der Waals surface area (Å²) in [6.07, 6.45) is 0. The molecule has 154 valence electrons. The van der Waals surface area contributed by atoms with Gasteiger partial charge in [0.15, 0.2) is 0 Å². The van der Waals surface area contributed by atoms with Crippen molar-refractivity contribution in [2.45, 2.75) is 13.0 Å². The van der Waals surface area contributed by atoms with Crippen molar-refractivity contribution in [1.29, 1.82) is 0 Å². The molecular formula is C22H27FN4O2. The van der Waals surface area contributed by atoms with Crippen LogP contribution in [0.4, 0.5) is 10.1 Å². The maximum Gasteiger partial charge on any atom is 0.313 e. The van der Waals surface area contributed by atoms with Gasteiger partial charge >= 0.3 is 11.8 Å². The van der Waals surface area contributed by atoms with Gasteiger partial charge in [-0.15, -0.1) is 0 Å². The smallest absolute Gasteiger partial charge is 0.313 e. The van der Waals surface area contributed by atoms with E-state index in [9.17, 15) is 14.0 Å². The molecular weight excluding hydrogens is 371 g/mol. The van der Waals surface area contributed by atoms with Gasteiger partial charge in [0.2, 0.25) is 0 Å². The van der Waals surface area contributed by atoms with Crippen molar-refractivity contribution in [2.75, 3.05) is 45.1 Å². The van der Waals surface area contributed by atoms with E-state index >= 15 is 0 Å². The average molecular weight is 398 g/mol. The van der Waals surface area contributed by atoms with Crippen molar-refractivity contribution in [3.8, 4) is 0 Å². The van der Waals surface area contributed by atoms with E-state index in [1.54, 1.807) is 24.3 Å². The van der Waals surface area contributed by atoms with Crippen molar-refractivity contribution < 1.29 is 14.0 Å². The van der Waals surface area contributed by atoms with Gasteiger partial charge in [-0.25, -0.2) is 4.39 Å². The topological polar surface area (TPSA) is 64.7 Å². The number of anilines is 1. The number of amides is 2. The van der Waals surface area contributed by atoms with E-state index in [2.05, 4.69) is 27.5 Å². The number of aryl methyl sites for hydroxylation is 1. The number of carbonyl (C=O) groups excluding carboxylic acids is 2. The van der Waals surface area contributed by atoms with Gasteiger partial charge in [-0.2, -0.15) is 0 Å². The largest absolute Gasteiger partial charge is 0.346 e. The number of nitrogens with zero attached hydrogens (tertiary/aromatic N) is 2. The van der Waals surface area contributed by atoms with Crippen LogP contribution in [-0.4, -0.2) is 61.4 Å². The molecule has 0 spiro atoms. The van der Waals surface area contributed by atoms with Crippen LogP contribution in [0.15, 0.2) is 48.5 Å². The molecule has 1 heterocycles. The summed E-state index contributed by atoms with van der Waals surface area (Å²) in [5, 5.41) is 5.36. The van der Waals surface area contributed by atoms with Gasteiger partial charge < -0.3 is 15.5 Å². The molecule has 2 N–H and O–H groups in total. The summed E-state index contributed by atoms with van der Waals surface area (Å²) in [6.45, 7) is 5.70. The molecule has 3 rings (SSSR count). The van der Waals surface area contributed by atoms with Crippen LogP contribution in [0.2, 0.25) is 0 Å². The molecule has 0 aliphatic carbocycles. The van der Waals surface area contributed by atoms with E-state index in [4.69, 9.17) is 0 Å². The minimum atomic E-state index is -0.702. The first kappa shape index (κ1) is 21.0. The van der Waals surface area contributed by atoms with E-state index in [0.717, 1.165) is 37.3 Å². The first-order valence-electron chi connectivity index (χ1n) is 9.76. The van der Waals surface area contributed by atoms with Crippen LogP contribution in [0.5, 0.6) is 0 Å². The van der Waals surface area contributed by atoms with E-state index < -0.39 is 11.8 Å². The molecule has 29 heavy (non-hydrogen) atoms. The summed E-state index contributed by atoms with van der Waals surface area (Å²) < 4.78 is 13.4. The molecule has 0 radical (unpaired) electrons. The Balaban J connectivity index is 1.64. The highest BCUT2D eigenvalue weighted by atomic mass is 19.1. The van der Waals surface area contributed by atoms with Crippen LogP contribution in [0, 0.1) is 12.7 Å². The predicted molar refractivity (Wildman–Crippen MR) is 111 cm³/mol.